The second-order valence-electron chi connectivity index (χ2n) is 6.23. The molecule has 0 aromatic heterocycles. The fourth-order valence-corrected chi connectivity index (χ4v) is 3.80. The second-order valence-corrected chi connectivity index (χ2v) is 8.28. The van der Waals surface area contributed by atoms with Crippen LogP contribution in [0.25, 0.3) is 0 Å². The van der Waals surface area contributed by atoms with Crippen molar-refractivity contribution < 1.29 is 35.4 Å². The average Bonchev–Trinajstić information content (AvgIpc) is 2.73. The Hall–Kier alpha value is -2.37. The Balaban J connectivity index is 2.12. The van der Waals surface area contributed by atoms with Crippen molar-refractivity contribution in [3.05, 3.63) is 68.7 Å². The molecular weight excluding hydrogens is 439 g/mol. The van der Waals surface area contributed by atoms with Crippen LogP contribution in [0, 0.1) is 10.1 Å². The highest BCUT2D eigenvalue weighted by Crippen LogP contribution is 2.47. The summed E-state index contributed by atoms with van der Waals surface area (Å²) < 4.78 is 70.9. The zero-order valence-electron chi connectivity index (χ0n) is 14.4. The Morgan fingerprint density at radius 3 is 2.41 bits per heavy atom. The summed E-state index contributed by atoms with van der Waals surface area (Å²) in [6.07, 6.45) is 0. The molecule has 0 bridgehead atoms. The molecule has 7 nitrogen and oxygen atoms in total. The molecule has 0 N–H and O–H groups in total. The zero-order chi connectivity index (χ0) is 21.4. The Morgan fingerprint density at radius 2 is 1.76 bits per heavy atom. The van der Waals surface area contributed by atoms with E-state index in [0.717, 1.165) is 0 Å². The number of halogens is 4. The molecule has 2 atom stereocenters. The molecule has 1 aliphatic heterocycles. The lowest BCUT2D eigenvalue weighted by atomic mass is 9.82. The summed E-state index contributed by atoms with van der Waals surface area (Å²) in [6.45, 7) is -1.67. The zero-order valence-corrected chi connectivity index (χ0v) is 16.0. The van der Waals surface area contributed by atoms with Gasteiger partial charge < -0.3 is 4.74 Å². The summed E-state index contributed by atoms with van der Waals surface area (Å²) in [7, 11) is -5.89. The highest BCUT2D eigenvalue weighted by atomic mass is 35.5. The lowest BCUT2D eigenvalue weighted by molar-refractivity contribution is -0.484. The number of benzene rings is 2. The summed E-state index contributed by atoms with van der Waals surface area (Å²) in [5.41, 5.74) is -5.07. The van der Waals surface area contributed by atoms with E-state index >= 15 is 0 Å². The molecule has 0 unspecified atom stereocenters. The largest absolute Gasteiger partial charge is 0.523 e. The third kappa shape index (κ3) is 4.46. The molecule has 0 fully saturated rings. The van der Waals surface area contributed by atoms with E-state index in [1.165, 1.54) is 24.3 Å². The molecule has 1 heterocycles. The molecule has 0 saturated carbocycles. The first-order valence-corrected chi connectivity index (χ1v) is 9.92. The van der Waals surface area contributed by atoms with Gasteiger partial charge in [0.15, 0.2) is 0 Å². The van der Waals surface area contributed by atoms with Gasteiger partial charge in [-0.3, -0.25) is 14.3 Å². The Morgan fingerprint density at radius 1 is 1.10 bits per heavy atom. The van der Waals surface area contributed by atoms with Gasteiger partial charge in [0, 0.05) is 27.0 Å². The maximum absolute atomic E-state index is 12.7. The minimum atomic E-state index is -5.89. The molecule has 2 aromatic rings. The maximum Gasteiger partial charge on any atom is 0.523 e. The number of rotatable bonds is 5. The van der Waals surface area contributed by atoms with Crippen LogP contribution in [0.4, 0.5) is 13.2 Å². The van der Waals surface area contributed by atoms with Gasteiger partial charge in [-0.15, -0.1) is 0 Å². The van der Waals surface area contributed by atoms with Crippen LogP contribution in [-0.2, 0) is 14.3 Å². The number of fused-ring (bicyclic) bond motifs is 2. The molecule has 0 saturated heterocycles. The predicted molar refractivity (Wildman–Crippen MR) is 96.2 cm³/mol. The fourth-order valence-electron chi connectivity index (χ4n) is 3.16. The van der Waals surface area contributed by atoms with Gasteiger partial charge in [0.1, 0.15) is 11.5 Å². The molecule has 0 amide bonds. The number of hydrogen-bond donors (Lipinski definition) is 0. The van der Waals surface area contributed by atoms with Crippen LogP contribution in [-0.4, -0.2) is 32.0 Å². The minimum Gasteiger partial charge on any atom is -0.457 e. The van der Waals surface area contributed by atoms with E-state index in [1.807, 2.05) is 0 Å². The van der Waals surface area contributed by atoms with E-state index < -0.39 is 45.5 Å². The average molecular weight is 452 g/mol. The first-order valence-electron chi connectivity index (χ1n) is 8.13. The van der Waals surface area contributed by atoms with E-state index in [2.05, 4.69) is 4.18 Å². The van der Waals surface area contributed by atoms with Gasteiger partial charge in [0.25, 0.3) is 0 Å². The fraction of sp³-hybridized carbons (Fsp3) is 0.294. The molecule has 0 radical (unpaired) electrons. The molecule has 0 spiro atoms. The van der Waals surface area contributed by atoms with Crippen LogP contribution >= 0.6 is 11.6 Å². The van der Waals surface area contributed by atoms with Crippen LogP contribution in [0.15, 0.2) is 42.5 Å². The molecule has 12 heteroatoms. The van der Waals surface area contributed by atoms with Gasteiger partial charge in [-0.2, -0.15) is 21.6 Å². The number of alkyl halides is 3. The van der Waals surface area contributed by atoms with Crippen molar-refractivity contribution in [2.24, 2.45) is 0 Å². The molecular formula is C17H13ClF3NO6S. The van der Waals surface area contributed by atoms with Gasteiger partial charge in [-0.1, -0.05) is 29.8 Å². The first-order chi connectivity index (χ1) is 13.5. The van der Waals surface area contributed by atoms with Crippen molar-refractivity contribution in [3.63, 3.8) is 0 Å². The summed E-state index contributed by atoms with van der Waals surface area (Å²) >= 11 is 5.99. The van der Waals surface area contributed by atoms with Crippen LogP contribution in [0.1, 0.15) is 23.0 Å². The lowest BCUT2D eigenvalue weighted by Gasteiger charge is -2.24. The van der Waals surface area contributed by atoms with Crippen molar-refractivity contribution >= 4 is 21.7 Å². The molecule has 29 heavy (non-hydrogen) atoms. The van der Waals surface area contributed by atoms with E-state index in [9.17, 15) is 31.7 Å². The van der Waals surface area contributed by atoms with Crippen molar-refractivity contribution in [1.29, 1.82) is 0 Å². The number of ether oxygens (including phenoxy) is 1. The first kappa shape index (κ1) is 21.3. The van der Waals surface area contributed by atoms with Gasteiger partial charge >= 0.3 is 15.6 Å². The number of para-hydroxylation sites is 1. The quantitative estimate of drug-likeness (QED) is 0.288. The van der Waals surface area contributed by atoms with Crippen LogP contribution in [0.5, 0.6) is 11.5 Å². The molecule has 2 aromatic carbocycles. The van der Waals surface area contributed by atoms with Crippen molar-refractivity contribution in [3.8, 4) is 11.5 Å². The third-order valence-electron chi connectivity index (χ3n) is 4.43. The Labute approximate surface area is 168 Å². The van der Waals surface area contributed by atoms with Crippen LogP contribution in [0.2, 0.25) is 5.02 Å². The maximum atomic E-state index is 12.7. The third-order valence-corrected chi connectivity index (χ3v) is 5.68. The highest BCUT2D eigenvalue weighted by molar-refractivity contribution is 7.87. The van der Waals surface area contributed by atoms with E-state index in [-0.39, 0.29) is 22.1 Å². The smallest absolute Gasteiger partial charge is 0.457 e. The SMILES string of the molecule is O=[N+]([O-])C[C@H]1c2ccccc2Oc2ccc(Cl)cc2[C@@H]1COS(=O)(=O)C(F)(F)F. The van der Waals surface area contributed by atoms with Crippen molar-refractivity contribution in [1.82, 2.24) is 0 Å². The monoisotopic (exact) mass is 451 g/mol. The van der Waals surface area contributed by atoms with E-state index in [1.54, 1.807) is 18.2 Å². The van der Waals surface area contributed by atoms with Gasteiger partial charge in [-0.25, -0.2) is 0 Å². The topological polar surface area (TPSA) is 95.7 Å². The number of hydrogen-bond acceptors (Lipinski definition) is 6. The molecule has 3 rings (SSSR count). The van der Waals surface area contributed by atoms with Gasteiger partial charge in [0.2, 0.25) is 6.54 Å². The van der Waals surface area contributed by atoms with Crippen molar-refractivity contribution in [2.45, 2.75) is 17.3 Å². The summed E-state index contributed by atoms with van der Waals surface area (Å²) in [5, 5.41) is 11.5. The highest BCUT2D eigenvalue weighted by Gasteiger charge is 2.48. The van der Waals surface area contributed by atoms with Crippen LogP contribution < -0.4 is 4.74 Å². The van der Waals surface area contributed by atoms with Crippen LogP contribution in [0.3, 0.4) is 0 Å². The molecule has 0 aliphatic carbocycles. The molecule has 156 valence electrons. The van der Waals surface area contributed by atoms with Gasteiger partial charge in [-0.05, 0) is 24.3 Å². The lowest BCUT2D eigenvalue weighted by Crippen LogP contribution is -2.29. The number of nitro groups is 1. The van der Waals surface area contributed by atoms with Gasteiger partial charge in [0.05, 0.1) is 12.5 Å². The van der Waals surface area contributed by atoms with E-state index in [0.29, 0.717) is 5.56 Å². The number of nitrogens with zero attached hydrogens (tertiary/aromatic N) is 1. The Bertz CT molecular complexity index is 1040. The standard InChI is InChI=1S/C17H13ClF3NO6S/c18-10-5-6-16-12(7-10)14(9-27-29(25,26)17(19,20)21)13(8-22(23)24)11-3-1-2-4-15(11)28-16/h1-7,13-14H,8-9H2/t13-,14-/m0/s1. The normalized spacial score (nSPS) is 18.9. The second kappa shape index (κ2) is 7.81. The van der Waals surface area contributed by atoms with Crippen molar-refractivity contribution in [2.75, 3.05) is 13.2 Å². The predicted octanol–water partition coefficient (Wildman–Crippen LogP) is 4.46. The summed E-state index contributed by atoms with van der Waals surface area (Å²) in [5.74, 6) is -1.71. The van der Waals surface area contributed by atoms with E-state index in [4.69, 9.17) is 16.3 Å². The minimum absolute atomic E-state index is 0.186. The summed E-state index contributed by atoms with van der Waals surface area (Å²) in [4.78, 5) is 10.6. The molecule has 1 aliphatic rings. The summed E-state index contributed by atoms with van der Waals surface area (Å²) in [6, 6.07) is 10.6. The Kier molecular flexibility index (Phi) is 5.74.